The fourth-order valence-corrected chi connectivity index (χ4v) is 7.69. The summed E-state index contributed by atoms with van der Waals surface area (Å²) < 4.78 is 5.84. The van der Waals surface area contributed by atoms with Crippen molar-refractivity contribution in [2.24, 2.45) is 45.8 Å². The molecule has 0 heterocycles. The molecule has 5 aliphatic carbocycles. The molecule has 0 aromatic heterocycles. The van der Waals surface area contributed by atoms with Crippen LogP contribution in [0.3, 0.4) is 0 Å². The molecule has 4 heteroatoms. The van der Waals surface area contributed by atoms with Gasteiger partial charge in [-0.2, -0.15) is 0 Å². The van der Waals surface area contributed by atoms with Crippen molar-refractivity contribution in [1.29, 1.82) is 0 Å². The second-order valence-corrected chi connectivity index (χ2v) is 12.2. The lowest BCUT2D eigenvalue weighted by Crippen LogP contribution is -2.56. The van der Waals surface area contributed by atoms with E-state index in [1.54, 1.807) is 0 Å². The van der Waals surface area contributed by atoms with Gasteiger partial charge in [-0.1, -0.05) is 25.5 Å². The summed E-state index contributed by atoms with van der Waals surface area (Å²) in [5, 5.41) is 11.2. The van der Waals surface area contributed by atoms with Gasteiger partial charge in [0.25, 0.3) is 0 Å². The van der Waals surface area contributed by atoms with Gasteiger partial charge in [-0.05, 0) is 82.0 Å². The van der Waals surface area contributed by atoms with Crippen LogP contribution in [0.4, 0.5) is 0 Å². The molecule has 0 aromatic carbocycles. The highest BCUT2D eigenvalue weighted by Crippen LogP contribution is 2.71. The van der Waals surface area contributed by atoms with Crippen LogP contribution in [0.2, 0.25) is 0 Å². The van der Waals surface area contributed by atoms with Crippen LogP contribution >= 0.6 is 0 Å². The van der Waals surface area contributed by atoms with Gasteiger partial charge in [0, 0.05) is 17.8 Å². The summed E-state index contributed by atoms with van der Waals surface area (Å²) in [6, 6.07) is 0. The fourth-order valence-electron chi connectivity index (χ4n) is 7.69. The number of rotatable bonds is 1. The third kappa shape index (κ3) is 2.66. The highest BCUT2D eigenvalue weighted by Gasteiger charge is 2.71. The fraction of sp³-hybridized carbons (Fsp3) is 0.840. The minimum absolute atomic E-state index is 0.0614. The molecule has 1 N–H and O–H groups in total. The van der Waals surface area contributed by atoms with E-state index in [1.807, 2.05) is 20.8 Å². The van der Waals surface area contributed by atoms with Crippen LogP contribution in [0.25, 0.3) is 0 Å². The maximum Gasteiger partial charge on any atom is 0.311 e. The van der Waals surface area contributed by atoms with Crippen LogP contribution in [-0.2, 0) is 14.3 Å². The highest BCUT2D eigenvalue weighted by atomic mass is 16.5. The van der Waals surface area contributed by atoms with Crippen molar-refractivity contribution in [1.82, 2.24) is 0 Å². The van der Waals surface area contributed by atoms with E-state index in [-0.39, 0.29) is 34.7 Å². The zero-order valence-electron chi connectivity index (χ0n) is 18.5. The Kier molecular flexibility index (Phi) is 4.07. The van der Waals surface area contributed by atoms with Gasteiger partial charge in [-0.15, -0.1) is 0 Å². The van der Waals surface area contributed by atoms with Crippen LogP contribution < -0.4 is 0 Å². The lowest BCUT2D eigenvalue weighted by Gasteiger charge is -2.58. The summed E-state index contributed by atoms with van der Waals surface area (Å²) in [7, 11) is 0. The second-order valence-electron chi connectivity index (χ2n) is 12.2. The summed E-state index contributed by atoms with van der Waals surface area (Å²) in [6.07, 6.45) is 7.21. The van der Waals surface area contributed by atoms with Gasteiger partial charge >= 0.3 is 5.97 Å². The molecule has 0 radical (unpaired) electrons. The molecule has 4 fully saturated rings. The molecule has 0 aromatic rings. The predicted molar refractivity (Wildman–Crippen MR) is 110 cm³/mol. The molecule has 0 bridgehead atoms. The molecule has 5 rings (SSSR count). The van der Waals surface area contributed by atoms with Gasteiger partial charge in [0.05, 0.1) is 11.5 Å². The normalized spacial score (nSPS) is 50.6. The largest absolute Gasteiger partial charge is 0.462 e. The first-order chi connectivity index (χ1) is 13.5. The Morgan fingerprint density at radius 3 is 2.55 bits per heavy atom. The van der Waals surface area contributed by atoms with E-state index in [4.69, 9.17) is 4.74 Å². The Morgan fingerprint density at radius 1 is 1.17 bits per heavy atom. The van der Waals surface area contributed by atoms with Gasteiger partial charge in [0.1, 0.15) is 11.9 Å². The summed E-state index contributed by atoms with van der Waals surface area (Å²) in [5.41, 5.74) is 0.642. The minimum atomic E-state index is -0.490. The molecule has 1 unspecified atom stereocenters. The van der Waals surface area contributed by atoms with Crippen LogP contribution in [-0.4, -0.2) is 29.1 Å². The number of fused-ring (bicyclic) bond motifs is 7. The molecule has 0 aliphatic heterocycles. The standard InChI is InChI=1S/C25H36O4/c1-23(2,3)22(28)29-14-6-8-24(4)13(10-14)11-18(26)19-17(24)7-9-25(5)20(19)15-12-16(15)21(25)27/h11,14-20,26H,6-10,12H2,1-5H3/t14-,15+,16-,17-,18-,19?,20-,24-,25-/m0/s1. The Morgan fingerprint density at radius 2 is 1.86 bits per heavy atom. The van der Waals surface area contributed by atoms with Crippen LogP contribution in [0.5, 0.6) is 0 Å². The van der Waals surface area contributed by atoms with E-state index in [0.29, 0.717) is 23.5 Å². The molecular formula is C25H36O4. The van der Waals surface area contributed by atoms with E-state index in [1.165, 1.54) is 5.57 Å². The Bertz CT molecular complexity index is 791. The number of Topliss-reactive ketones (excluding diaryl/α,β-unsaturated/α-hetero) is 1. The third-order valence-electron chi connectivity index (χ3n) is 9.43. The molecule has 0 amide bonds. The maximum atomic E-state index is 12.9. The summed E-state index contributed by atoms with van der Waals surface area (Å²) in [6.45, 7) is 10.2. The summed E-state index contributed by atoms with van der Waals surface area (Å²) in [4.78, 5) is 25.3. The molecule has 9 atom stereocenters. The van der Waals surface area contributed by atoms with Gasteiger partial charge in [-0.25, -0.2) is 0 Å². The van der Waals surface area contributed by atoms with E-state index in [9.17, 15) is 14.7 Å². The van der Waals surface area contributed by atoms with Crippen molar-refractivity contribution in [2.75, 3.05) is 0 Å². The van der Waals surface area contributed by atoms with E-state index >= 15 is 0 Å². The average Bonchev–Trinajstić information content (AvgIpc) is 3.37. The Hall–Kier alpha value is -1.16. The van der Waals surface area contributed by atoms with E-state index in [0.717, 1.165) is 38.5 Å². The third-order valence-corrected chi connectivity index (χ3v) is 9.43. The number of aliphatic hydroxyl groups is 1. The van der Waals surface area contributed by atoms with Crippen LogP contribution in [0, 0.1) is 45.8 Å². The number of hydrogen-bond acceptors (Lipinski definition) is 4. The second kappa shape index (κ2) is 5.96. The quantitative estimate of drug-likeness (QED) is 0.526. The number of carbonyl (C=O) groups excluding carboxylic acids is 2. The number of carbonyl (C=O) groups is 2. The SMILES string of the molecule is CC(C)(C)C(=O)O[C@H]1CC[C@@]2(C)C(=C[C@H](O)C3[C@@H]4[C@@H]5C[C@@H]5C(=O)[C@@]4(C)CC[C@@H]32)C1. The van der Waals surface area contributed by atoms with Gasteiger partial charge in [-0.3, -0.25) is 9.59 Å². The Balaban J connectivity index is 1.42. The Labute approximate surface area is 174 Å². The number of aliphatic hydroxyl groups excluding tert-OH is 1. The predicted octanol–water partition coefficient (Wildman–Crippen LogP) is 4.30. The van der Waals surface area contributed by atoms with Crippen molar-refractivity contribution in [2.45, 2.75) is 85.4 Å². The monoisotopic (exact) mass is 400 g/mol. The zero-order chi connectivity index (χ0) is 20.9. The lowest BCUT2D eigenvalue weighted by atomic mass is 9.46. The molecule has 29 heavy (non-hydrogen) atoms. The lowest BCUT2D eigenvalue weighted by molar-refractivity contribution is -0.161. The number of esters is 1. The first kappa shape index (κ1) is 19.8. The smallest absolute Gasteiger partial charge is 0.311 e. The average molecular weight is 401 g/mol. The molecule has 160 valence electrons. The zero-order valence-corrected chi connectivity index (χ0v) is 18.5. The van der Waals surface area contributed by atoms with Gasteiger partial charge in [0.2, 0.25) is 0 Å². The van der Waals surface area contributed by atoms with Crippen molar-refractivity contribution >= 4 is 11.8 Å². The first-order valence-electron chi connectivity index (χ1n) is 11.6. The van der Waals surface area contributed by atoms with Crippen molar-refractivity contribution in [3.63, 3.8) is 0 Å². The molecular weight excluding hydrogens is 364 g/mol. The maximum absolute atomic E-state index is 12.9. The first-order valence-corrected chi connectivity index (χ1v) is 11.6. The highest BCUT2D eigenvalue weighted by molar-refractivity contribution is 5.92. The minimum Gasteiger partial charge on any atom is -0.462 e. The van der Waals surface area contributed by atoms with Crippen LogP contribution in [0.1, 0.15) is 73.1 Å². The molecule has 0 spiro atoms. The van der Waals surface area contributed by atoms with Gasteiger partial charge in [0.15, 0.2) is 0 Å². The topological polar surface area (TPSA) is 63.6 Å². The van der Waals surface area contributed by atoms with Crippen molar-refractivity contribution in [3.05, 3.63) is 11.6 Å². The van der Waals surface area contributed by atoms with Crippen LogP contribution in [0.15, 0.2) is 11.6 Å². The van der Waals surface area contributed by atoms with Crippen molar-refractivity contribution in [3.8, 4) is 0 Å². The number of hydrogen-bond donors (Lipinski definition) is 1. The molecule has 4 saturated carbocycles. The molecule has 0 saturated heterocycles. The summed E-state index contributed by atoms with van der Waals surface area (Å²) in [5.74, 6) is 2.12. The number of ketones is 1. The van der Waals surface area contributed by atoms with E-state index in [2.05, 4.69) is 19.9 Å². The molecule has 5 aliphatic rings. The van der Waals surface area contributed by atoms with Gasteiger partial charge < -0.3 is 9.84 Å². The van der Waals surface area contributed by atoms with E-state index < -0.39 is 11.5 Å². The summed E-state index contributed by atoms with van der Waals surface area (Å²) >= 11 is 0. The number of ether oxygens (including phenoxy) is 1. The van der Waals surface area contributed by atoms with Crippen molar-refractivity contribution < 1.29 is 19.4 Å². The molecule has 4 nitrogen and oxygen atoms in total.